The Labute approximate surface area is 151 Å². The summed E-state index contributed by atoms with van der Waals surface area (Å²) in [7, 11) is 1.24. The van der Waals surface area contributed by atoms with Crippen LogP contribution in [0.2, 0.25) is 0 Å². The van der Waals surface area contributed by atoms with Gasteiger partial charge in [0.25, 0.3) is 5.91 Å². The number of benzene rings is 1. The van der Waals surface area contributed by atoms with Gasteiger partial charge in [-0.2, -0.15) is 0 Å². The number of esters is 1. The van der Waals surface area contributed by atoms with Gasteiger partial charge in [-0.25, -0.2) is 4.79 Å². The van der Waals surface area contributed by atoms with Gasteiger partial charge in [-0.1, -0.05) is 0 Å². The number of phenols is 1. The second kappa shape index (κ2) is 7.97. The van der Waals surface area contributed by atoms with Gasteiger partial charge < -0.3 is 19.9 Å². The number of phenolic OH excluding ortho intramolecular Hbond substituents is 1. The molecule has 2 N–H and O–H groups in total. The molecule has 1 aromatic carbocycles. The number of pyridine rings is 1. The second-order valence-electron chi connectivity index (χ2n) is 6.20. The lowest BCUT2D eigenvalue weighted by Gasteiger charge is -2.19. The van der Waals surface area contributed by atoms with Crippen LogP contribution in [0.25, 0.3) is 0 Å². The van der Waals surface area contributed by atoms with Crippen LogP contribution in [0.3, 0.4) is 0 Å². The van der Waals surface area contributed by atoms with E-state index in [9.17, 15) is 14.7 Å². The van der Waals surface area contributed by atoms with E-state index in [0.717, 1.165) is 12.0 Å². The summed E-state index contributed by atoms with van der Waals surface area (Å²) in [5, 5.41) is 12.7. The molecule has 7 nitrogen and oxygen atoms in total. The number of rotatable bonds is 5. The van der Waals surface area contributed by atoms with E-state index in [4.69, 9.17) is 4.74 Å². The molecule has 2 aromatic rings. The lowest BCUT2D eigenvalue weighted by Crippen LogP contribution is -2.40. The van der Waals surface area contributed by atoms with Crippen molar-refractivity contribution in [1.82, 2.24) is 10.3 Å². The quantitative estimate of drug-likeness (QED) is 0.789. The number of nitrogens with zero attached hydrogens (tertiary/aromatic N) is 1. The van der Waals surface area contributed by atoms with Gasteiger partial charge in [-0.3, -0.25) is 9.78 Å². The van der Waals surface area contributed by atoms with Crippen LogP contribution in [-0.2, 0) is 15.9 Å². The molecular weight excluding hydrogens is 336 g/mol. The van der Waals surface area contributed by atoms with E-state index in [2.05, 4.69) is 15.0 Å². The van der Waals surface area contributed by atoms with Crippen molar-refractivity contribution in [3.63, 3.8) is 0 Å². The van der Waals surface area contributed by atoms with Gasteiger partial charge in [-0.15, -0.1) is 0 Å². The van der Waals surface area contributed by atoms with Crippen molar-refractivity contribution in [3.8, 4) is 5.75 Å². The molecule has 2 heterocycles. The topological polar surface area (TPSA) is 97.8 Å². The summed E-state index contributed by atoms with van der Waals surface area (Å²) in [6.45, 7) is 0.977. The average molecular weight is 356 g/mol. The number of ether oxygens (including phenoxy) is 2. The van der Waals surface area contributed by atoms with Crippen molar-refractivity contribution >= 4 is 11.9 Å². The Morgan fingerprint density at radius 2 is 1.96 bits per heavy atom. The monoisotopic (exact) mass is 356 g/mol. The number of nitrogens with one attached hydrogen (secondary N) is 1. The van der Waals surface area contributed by atoms with Gasteiger partial charge >= 0.3 is 5.97 Å². The number of aromatic nitrogens is 1. The van der Waals surface area contributed by atoms with E-state index in [-0.39, 0.29) is 34.7 Å². The minimum atomic E-state index is -0.616. The largest absolute Gasteiger partial charge is 0.508 e. The molecule has 26 heavy (non-hydrogen) atoms. The van der Waals surface area contributed by atoms with E-state index in [1.54, 1.807) is 12.4 Å². The third kappa shape index (κ3) is 4.18. The first-order valence-electron chi connectivity index (χ1n) is 8.26. The fourth-order valence-electron chi connectivity index (χ4n) is 3.01. The predicted octanol–water partition coefficient (Wildman–Crippen LogP) is 1.56. The molecule has 3 rings (SSSR count). The lowest BCUT2D eigenvalue weighted by atomic mass is 9.95. The molecule has 0 spiro atoms. The maximum Gasteiger partial charge on any atom is 0.338 e. The van der Waals surface area contributed by atoms with E-state index < -0.39 is 5.97 Å². The number of carbonyl (C=O) groups excluding carboxylic acids is 2. The van der Waals surface area contributed by atoms with Crippen LogP contribution in [0.5, 0.6) is 5.75 Å². The highest BCUT2D eigenvalue weighted by molar-refractivity contribution is 5.98. The summed E-state index contributed by atoms with van der Waals surface area (Å²) < 4.78 is 10.2. The molecule has 2 atom stereocenters. The van der Waals surface area contributed by atoms with Crippen LogP contribution in [0.4, 0.5) is 0 Å². The number of hydrogen-bond donors (Lipinski definition) is 2. The van der Waals surface area contributed by atoms with E-state index >= 15 is 0 Å². The molecule has 1 aromatic heterocycles. The average Bonchev–Trinajstić information content (AvgIpc) is 3.08. The van der Waals surface area contributed by atoms with Crippen LogP contribution < -0.4 is 5.32 Å². The molecule has 0 radical (unpaired) electrons. The Bertz CT molecular complexity index is 794. The SMILES string of the molecule is COC(=O)c1cc(O)cc(C(=O)N[C@@H]2COC[C@H]2Cc2ccncc2)c1. The molecular formula is C19H20N2O5. The van der Waals surface area contributed by atoms with Crippen molar-refractivity contribution in [2.24, 2.45) is 5.92 Å². The van der Waals surface area contributed by atoms with Gasteiger partial charge in [-0.05, 0) is 42.3 Å². The minimum absolute atomic E-state index is 0.119. The van der Waals surface area contributed by atoms with Gasteiger partial charge in [0.1, 0.15) is 5.75 Å². The number of methoxy groups -OCH3 is 1. The molecule has 1 saturated heterocycles. The first-order chi connectivity index (χ1) is 12.6. The fraction of sp³-hybridized carbons (Fsp3) is 0.316. The second-order valence-corrected chi connectivity index (χ2v) is 6.20. The summed E-state index contributed by atoms with van der Waals surface area (Å²) in [6, 6.07) is 7.70. The van der Waals surface area contributed by atoms with Crippen LogP contribution in [-0.4, -0.2) is 48.3 Å². The number of hydrogen-bond acceptors (Lipinski definition) is 6. The maximum absolute atomic E-state index is 12.6. The molecule has 1 aliphatic rings. The fourth-order valence-corrected chi connectivity index (χ4v) is 3.01. The molecule has 0 bridgehead atoms. The zero-order valence-electron chi connectivity index (χ0n) is 14.3. The van der Waals surface area contributed by atoms with Gasteiger partial charge in [0.05, 0.1) is 31.9 Å². The summed E-state index contributed by atoms with van der Waals surface area (Å²) in [5.41, 5.74) is 1.44. The van der Waals surface area contributed by atoms with Crippen LogP contribution in [0, 0.1) is 5.92 Å². The van der Waals surface area contributed by atoms with Crippen LogP contribution >= 0.6 is 0 Å². The Kier molecular flexibility index (Phi) is 5.48. The van der Waals surface area contributed by atoms with Crippen molar-refractivity contribution in [1.29, 1.82) is 0 Å². The zero-order chi connectivity index (χ0) is 18.5. The summed E-state index contributed by atoms with van der Waals surface area (Å²) in [6.07, 6.45) is 4.24. The van der Waals surface area contributed by atoms with E-state index in [0.29, 0.717) is 13.2 Å². The number of aromatic hydroxyl groups is 1. The van der Waals surface area contributed by atoms with E-state index in [1.165, 1.54) is 25.3 Å². The summed E-state index contributed by atoms with van der Waals surface area (Å²) in [5.74, 6) is -1.02. The lowest BCUT2D eigenvalue weighted by molar-refractivity contribution is 0.0600. The first kappa shape index (κ1) is 17.9. The molecule has 0 saturated carbocycles. The van der Waals surface area contributed by atoms with Crippen LogP contribution in [0.1, 0.15) is 26.3 Å². The predicted molar refractivity (Wildman–Crippen MR) is 93.0 cm³/mol. The third-order valence-corrected chi connectivity index (χ3v) is 4.36. The Hall–Kier alpha value is -2.93. The first-order valence-corrected chi connectivity index (χ1v) is 8.26. The molecule has 1 amide bonds. The molecule has 1 aliphatic heterocycles. The Morgan fingerprint density at radius 3 is 2.69 bits per heavy atom. The highest BCUT2D eigenvalue weighted by Gasteiger charge is 2.30. The Balaban J connectivity index is 1.71. The standard InChI is InChI=1S/C19H20N2O5/c1-25-19(24)14-7-13(8-16(22)9-14)18(23)21-17-11-26-10-15(17)6-12-2-4-20-5-3-12/h2-5,7-9,15,17,22H,6,10-11H2,1H3,(H,21,23)/t15-,17-/m1/s1. The molecule has 136 valence electrons. The van der Waals surface area contributed by atoms with Crippen molar-refractivity contribution < 1.29 is 24.2 Å². The van der Waals surface area contributed by atoms with Gasteiger partial charge in [0.2, 0.25) is 0 Å². The summed E-state index contributed by atoms with van der Waals surface area (Å²) in [4.78, 5) is 28.2. The van der Waals surface area contributed by atoms with Crippen LogP contribution in [0.15, 0.2) is 42.7 Å². The molecule has 1 fully saturated rings. The Morgan fingerprint density at radius 1 is 1.23 bits per heavy atom. The van der Waals surface area contributed by atoms with Gasteiger partial charge in [0, 0.05) is 23.9 Å². The highest BCUT2D eigenvalue weighted by atomic mass is 16.5. The van der Waals surface area contributed by atoms with Crippen molar-refractivity contribution in [3.05, 3.63) is 59.4 Å². The number of carbonyl (C=O) groups is 2. The van der Waals surface area contributed by atoms with E-state index in [1.807, 2.05) is 12.1 Å². The number of amides is 1. The molecule has 7 heteroatoms. The van der Waals surface area contributed by atoms with Crippen molar-refractivity contribution in [2.45, 2.75) is 12.5 Å². The molecule has 0 unspecified atom stereocenters. The summed E-state index contributed by atoms with van der Waals surface area (Å²) >= 11 is 0. The molecule has 0 aliphatic carbocycles. The van der Waals surface area contributed by atoms with Crippen molar-refractivity contribution in [2.75, 3.05) is 20.3 Å². The normalized spacial score (nSPS) is 19.1. The smallest absolute Gasteiger partial charge is 0.338 e. The zero-order valence-corrected chi connectivity index (χ0v) is 14.3. The minimum Gasteiger partial charge on any atom is -0.508 e. The maximum atomic E-state index is 12.6. The third-order valence-electron chi connectivity index (χ3n) is 4.36. The highest BCUT2D eigenvalue weighted by Crippen LogP contribution is 2.21. The van der Waals surface area contributed by atoms with Gasteiger partial charge in [0.15, 0.2) is 0 Å².